The van der Waals surface area contributed by atoms with Crippen molar-refractivity contribution in [2.45, 2.75) is 44.8 Å². The average molecular weight is 308 g/mol. The van der Waals surface area contributed by atoms with Crippen LogP contribution >= 0.6 is 0 Å². The van der Waals surface area contributed by atoms with Crippen LogP contribution in [0.3, 0.4) is 0 Å². The van der Waals surface area contributed by atoms with Crippen LogP contribution in [0.15, 0.2) is 30.3 Å². The number of carboxylic acids is 1. The Morgan fingerprint density at radius 2 is 1.82 bits per heavy atom. The zero-order valence-electron chi connectivity index (χ0n) is 12.7. The third kappa shape index (κ3) is 8.26. The van der Waals surface area contributed by atoms with Gasteiger partial charge in [-0.25, -0.2) is 4.79 Å². The molecule has 0 bridgehead atoms. The van der Waals surface area contributed by atoms with E-state index < -0.39 is 18.1 Å². The highest BCUT2D eigenvalue weighted by Gasteiger charge is 2.09. The van der Waals surface area contributed by atoms with Crippen LogP contribution in [-0.2, 0) is 16.1 Å². The fourth-order valence-corrected chi connectivity index (χ4v) is 1.93. The summed E-state index contributed by atoms with van der Waals surface area (Å²) in [7, 11) is 0. The maximum Gasteiger partial charge on any atom is 0.407 e. The van der Waals surface area contributed by atoms with Crippen molar-refractivity contribution in [2.75, 3.05) is 6.54 Å². The van der Waals surface area contributed by atoms with Crippen molar-refractivity contribution in [3.05, 3.63) is 35.9 Å². The predicted octanol–water partition coefficient (Wildman–Crippen LogP) is 2.28. The first-order chi connectivity index (χ1) is 10.6. The fourth-order valence-electron chi connectivity index (χ4n) is 1.93. The number of hydrogen-bond donors (Lipinski definition) is 3. The van der Waals surface area contributed by atoms with Crippen molar-refractivity contribution < 1.29 is 19.4 Å². The molecule has 1 atom stereocenters. The van der Waals surface area contributed by atoms with Gasteiger partial charge >= 0.3 is 12.1 Å². The van der Waals surface area contributed by atoms with Gasteiger partial charge in [0.25, 0.3) is 0 Å². The van der Waals surface area contributed by atoms with E-state index in [1.165, 1.54) is 0 Å². The molecule has 0 aromatic heterocycles. The minimum Gasteiger partial charge on any atom is -0.480 e. The van der Waals surface area contributed by atoms with E-state index in [1.807, 2.05) is 30.3 Å². The standard InChI is InChI=1S/C16H24N2O4/c17-14(15(19)20)10-6-1-2-7-11-18-16(21)22-12-13-8-4-3-5-9-13/h3-5,8-9,14H,1-2,6-7,10-12,17H2,(H,18,21)(H,19,20). The summed E-state index contributed by atoms with van der Waals surface area (Å²) in [5.74, 6) is -0.956. The third-order valence-corrected chi connectivity index (χ3v) is 3.24. The number of carbonyl (C=O) groups is 2. The normalized spacial score (nSPS) is 11.7. The Morgan fingerprint density at radius 1 is 1.14 bits per heavy atom. The maximum absolute atomic E-state index is 11.5. The van der Waals surface area contributed by atoms with Gasteiger partial charge in [0.05, 0.1) is 0 Å². The van der Waals surface area contributed by atoms with Crippen LogP contribution < -0.4 is 11.1 Å². The lowest BCUT2D eigenvalue weighted by Gasteiger charge is -2.08. The number of ether oxygens (including phenoxy) is 1. The van der Waals surface area contributed by atoms with Crippen molar-refractivity contribution in [3.63, 3.8) is 0 Å². The third-order valence-electron chi connectivity index (χ3n) is 3.24. The SMILES string of the molecule is NC(CCCCCCNC(=O)OCc1ccccc1)C(=O)O. The van der Waals surface area contributed by atoms with E-state index in [-0.39, 0.29) is 6.61 Å². The molecule has 0 aliphatic carbocycles. The number of alkyl carbamates (subject to hydrolysis) is 1. The number of benzene rings is 1. The number of unbranched alkanes of at least 4 members (excludes halogenated alkanes) is 3. The van der Waals surface area contributed by atoms with Gasteiger partial charge in [-0.1, -0.05) is 49.6 Å². The smallest absolute Gasteiger partial charge is 0.407 e. The second-order valence-corrected chi connectivity index (χ2v) is 5.14. The number of carbonyl (C=O) groups excluding carboxylic acids is 1. The fraction of sp³-hybridized carbons (Fsp3) is 0.500. The molecule has 0 saturated carbocycles. The van der Waals surface area contributed by atoms with E-state index in [9.17, 15) is 9.59 Å². The Kier molecular flexibility index (Phi) is 8.67. The molecule has 0 aliphatic heterocycles. The quantitative estimate of drug-likeness (QED) is 0.576. The maximum atomic E-state index is 11.5. The zero-order chi connectivity index (χ0) is 16.2. The second kappa shape index (κ2) is 10.6. The first-order valence-electron chi connectivity index (χ1n) is 7.52. The van der Waals surface area contributed by atoms with E-state index in [0.717, 1.165) is 31.2 Å². The van der Waals surface area contributed by atoms with Gasteiger partial charge in [0, 0.05) is 6.54 Å². The number of amides is 1. The van der Waals surface area contributed by atoms with Crippen LogP contribution in [0.1, 0.15) is 37.7 Å². The van der Waals surface area contributed by atoms with Gasteiger partial charge in [-0.2, -0.15) is 0 Å². The van der Waals surface area contributed by atoms with Crippen LogP contribution in [-0.4, -0.2) is 29.8 Å². The first kappa shape index (κ1) is 18.0. The Morgan fingerprint density at radius 3 is 2.50 bits per heavy atom. The predicted molar refractivity (Wildman–Crippen MR) is 83.3 cm³/mol. The summed E-state index contributed by atoms with van der Waals surface area (Å²) < 4.78 is 5.08. The molecule has 22 heavy (non-hydrogen) atoms. The largest absolute Gasteiger partial charge is 0.480 e. The molecule has 1 amide bonds. The van der Waals surface area contributed by atoms with Crippen molar-refractivity contribution >= 4 is 12.1 Å². The summed E-state index contributed by atoms with van der Waals surface area (Å²) >= 11 is 0. The van der Waals surface area contributed by atoms with Gasteiger partial charge in [-0.05, 0) is 18.4 Å². The van der Waals surface area contributed by atoms with E-state index >= 15 is 0 Å². The molecule has 6 nitrogen and oxygen atoms in total. The Hall–Kier alpha value is -2.08. The first-order valence-corrected chi connectivity index (χ1v) is 7.52. The number of nitrogens with one attached hydrogen (secondary N) is 1. The Bertz CT molecular complexity index is 451. The number of hydrogen-bond acceptors (Lipinski definition) is 4. The van der Waals surface area contributed by atoms with E-state index in [4.69, 9.17) is 15.6 Å². The molecule has 1 aromatic rings. The summed E-state index contributed by atoms with van der Waals surface area (Å²) in [5.41, 5.74) is 6.36. The number of aliphatic carboxylic acids is 1. The summed E-state index contributed by atoms with van der Waals surface area (Å²) in [6, 6.07) is 8.72. The molecule has 1 aromatic carbocycles. The number of nitrogens with two attached hydrogens (primary N) is 1. The van der Waals surface area contributed by atoms with Crippen molar-refractivity contribution in [1.29, 1.82) is 0 Å². The molecule has 6 heteroatoms. The second-order valence-electron chi connectivity index (χ2n) is 5.14. The molecule has 0 heterocycles. The highest BCUT2D eigenvalue weighted by molar-refractivity contribution is 5.72. The van der Waals surface area contributed by atoms with Crippen molar-refractivity contribution in [1.82, 2.24) is 5.32 Å². The molecular formula is C16H24N2O4. The van der Waals surface area contributed by atoms with Gasteiger partial charge < -0.3 is 20.9 Å². The number of carboxylic acid groups (broad SMARTS) is 1. The highest BCUT2D eigenvalue weighted by Crippen LogP contribution is 2.05. The monoisotopic (exact) mass is 308 g/mol. The molecule has 0 fully saturated rings. The van der Waals surface area contributed by atoms with Crippen LogP contribution in [0.5, 0.6) is 0 Å². The summed E-state index contributed by atoms with van der Waals surface area (Å²) in [5, 5.41) is 11.3. The summed E-state index contributed by atoms with van der Waals surface area (Å²) in [4.78, 5) is 22.0. The Labute approximate surface area is 130 Å². The topological polar surface area (TPSA) is 102 Å². The zero-order valence-corrected chi connectivity index (χ0v) is 12.7. The van der Waals surface area contributed by atoms with E-state index in [2.05, 4.69) is 5.32 Å². The van der Waals surface area contributed by atoms with Gasteiger partial charge in [0.15, 0.2) is 0 Å². The molecular weight excluding hydrogens is 284 g/mol. The van der Waals surface area contributed by atoms with Crippen LogP contribution in [0.4, 0.5) is 4.79 Å². The average Bonchev–Trinajstić information content (AvgIpc) is 2.52. The van der Waals surface area contributed by atoms with Crippen LogP contribution in [0, 0.1) is 0 Å². The van der Waals surface area contributed by atoms with Gasteiger partial charge in [0.1, 0.15) is 12.6 Å². The lowest BCUT2D eigenvalue weighted by atomic mass is 10.1. The van der Waals surface area contributed by atoms with Crippen molar-refractivity contribution in [3.8, 4) is 0 Å². The lowest BCUT2D eigenvalue weighted by Crippen LogP contribution is -2.29. The Balaban J connectivity index is 1.96. The van der Waals surface area contributed by atoms with Crippen molar-refractivity contribution in [2.24, 2.45) is 5.73 Å². The minimum absolute atomic E-state index is 0.264. The van der Waals surface area contributed by atoms with Gasteiger partial charge in [-0.15, -0.1) is 0 Å². The molecule has 4 N–H and O–H groups in total. The summed E-state index contributed by atoms with van der Waals surface area (Å²) in [6.45, 7) is 0.818. The lowest BCUT2D eigenvalue weighted by molar-refractivity contribution is -0.138. The molecule has 0 saturated heterocycles. The van der Waals surface area contributed by atoms with Gasteiger partial charge in [0.2, 0.25) is 0 Å². The van der Waals surface area contributed by atoms with E-state index in [1.54, 1.807) is 0 Å². The molecule has 1 unspecified atom stereocenters. The highest BCUT2D eigenvalue weighted by atomic mass is 16.5. The summed E-state index contributed by atoms with van der Waals surface area (Å²) in [6.07, 6.45) is 3.51. The minimum atomic E-state index is -0.956. The molecule has 122 valence electrons. The van der Waals surface area contributed by atoms with Crippen LogP contribution in [0.25, 0.3) is 0 Å². The molecule has 0 aliphatic rings. The molecule has 1 rings (SSSR count). The van der Waals surface area contributed by atoms with E-state index in [0.29, 0.717) is 13.0 Å². The van der Waals surface area contributed by atoms with Crippen LogP contribution in [0.2, 0.25) is 0 Å². The molecule has 0 spiro atoms. The number of rotatable bonds is 10. The van der Waals surface area contributed by atoms with Gasteiger partial charge in [-0.3, -0.25) is 4.79 Å². The molecule has 0 radical (unpaired) electrons.